The van der Waals surface area contributed by atoms with E-state index in [4.69, 9.17) is 4.84 Å². The number of hydrogen-bond donors (Lipinski definition) is 1. The lowest BCUT2D eigenvalue weighted by Gasteiger charge is -2.07. The molecule has 1 aromatic rings. The van der Waals surface area contributed by atoms with Crippen molar-refractivity contribution in [3.63, 3.8) is 0 Å². The van der Waals surface area contributed by atoms with Gasteiger partial charge in [0.1, 0.15) is 6.10 Å². The topological polar surface area (TPSA) is 33.6 Å². The zero-order valence-corrected chi connectivity index (χ0v) is 9.86. The van der Waals surface area contributed by atoms with Crippen LogP contribution < -0.4 is 5.32 Å². The summed E-state index contributed by atoms with van der Waals surface area (Å²) in [5.74, 6) is 0. The van der Waals surface area contributed by atoms with Gasteiger partial charge in [0.15, 0.2) is 0 Å². The Bertz CT molecular complexity index is 370. The molecule has 1 aromatic carbocycles. The largest absolute Gasteiger partial charge is 0.390 e. The zero-order valence-electron chi connectivity index (χ0n) is 9.86. The molecule has 0 saturated carbocycles. The molecule has 1 heterocycles. The Kier molecular flexibility index (Phi) is 3.57. The second-order valence-corrected chi connectivity index (χ2v) is 4.14. The molecule has 1 N–H and O–H groups in total. The van der Waals surface area contributed by atoms with Gasteiger partial charge in [0.25, 0.3) is 0 Å². The molecule has 0 aromatic heterocycles. The van der Waals surface area contributed by atoms with E-state index in [-0.39, 0.29) is 6.10 Å². The van der Waals surface area contributed by atoms with Crippen LogP contribution in [0.3, 0.4) is 0 Å². The number of rotatable bonds is 4. The molecule has 16 heavy (non-hydrogen) atoms. The van der Waals surface area contributed by atoms with Crippen molar-refractivity contribution in [2.75, 3.05) is 13.1 Å². The SMILES string of the molecule is CCNC[C@@H]1CC(c2ccc(C)cc2)=NO1. The highest BCUT2D eigenvalue weighted by molar-refractivity contribution is 6.01. The number of likely N-dealkylation sites (N-methyl/N-ethyl adjacent to an activating group) is 1. The number of hydrogen-bond acceptors (Lipinski definition) is 3. The summed E-state index contributed by atoms with van der Waals surface area (Å²) in [4.78, 5) is 5.38. The number of oxime groups is 1. The van der Waals surface area contributed by atoms with Crippen LogP contribution in [0, 0.1) is 6.92 Å². The molecule has 2 rings (SSSR count). The van der Waals surface area contributed by atoms with Crippen molar-refractivity contribution in [1.29, 1.82) is 0 Å². The van der Waals surface area contributed by atoms with Crippen molar-refractivity contribution in [2.24, 2.45) is 5.16 Å². The van der Waals surface area contributed by atoms with Crippen LogP contribution >= 0.6 is 0 Å². The van der Waals surface area contributed by atoms with Gasteiger partial charge in [0.2, 0.25) is 0 Å². The van der Waals surface area contributed by atoms with Crippen LogP contribution in [0.2, 0.25) is 0 Å². The Balaban J connectivity index is 1.95. The van der Waals surface area contributed by atoms with Crippen LogP contribution in [0.5, 0.6) is 0 Å². The van der Waals surface area contributed by atoms with Gasteiger partial charge in [-0.15, -0.1) is 0 Å². The Labute approximate surface area is 96.5 Å². The summed E-state index contributed by atoms with van der Waals surface area (Å²) in [5, 5.41) is 7.42. The van der Waals surface area contributed by atoms with Gasteiger partial charge < -0.3 is 10.2 Å². The van der Waals surface area contributed by atoms with E-state index in [2.05, 4.69) is 48.6 Å². The normalized spacial score (nSPS) is 19.4. The Morgan fingerprint density at radius 3 is 2.81 bits per heavy atom. The lowest BCUT2D eigenvalue weighted by atomic mass is 10.0. The van der Waals surface area contributed by atoms with Crippen molar-refractivity contribution in [2.45, 2.75) is 26.4 Å². The van der Waals surface area contributed by atoms with Crippen molar-refractivity contribution < 1.29 is 4.84 Å². The van der Waals surface area contributed by atoms with Gasteiger partial charge in [-0.2, -0.15) is 0 Å². The van der Waals surface area contributed by atoms with E-state index < -0.39 is 0 Å². The predicted molar refractivity (Wildman–Crippen MR) is 65.7 cm³/mol. The van der Waals surface area contributed by atoms with E-state index in [1.165, 1.54) is 11.1 Å². The third-order valence-electron chi connectivity index (χ3n) is 2.74. The summed E-state index contributed by atoms with van der Waals surface area (Å²) in [6, 6.07) is 8.42. The predicted octanol–water partition coefficient (Wildman–Crippen LogP) is 2.10. The number of aryl methyl sites for hydroxylation is 1. The van der Waals surface area contributed by atoms with E-state index in [0.717, 1.165) is 25.2 Å². The zero-order chi connectivity index (χ0) is 11.4. The minimum absolute atomic E-state index is 0.191. The molecule has 0 spiro atoms. The van der Waals surface area contributed by atoms with Gasteiger partial charge in [0, 0.05) is 13.0 Å². The maximum absolute atomic E-state index is 5.38. The van der Waals surface area contributed by atoms with Gasteiger partial charge in [-0.25, -0.2) is 0 Å². The molecule has 1 aliphatic heterocycles. The molecule has 86 valence electrons. The molecule has 1 atom stereocenters. The van der Waals surface area contributed by atoms with Crippen LogP contribution in [-0.4, -0.2) is 24.9 Å². The number of benzene rings is 1. The smallest absolute Gasteiger partial charge is 0.145 e. The summed E-state index contributed by atoms with van der Waals surface area (Å²) in [5.41, 5.74) is 3.50. The highest BCUT2D eigenvalue weighted by atomic mass is 16.6. The number of nitrogens with one attached hydrogen (secondary N) is 1. The highest BCUT2D eigenvalue weighted by Gasteiger charge is 2.21. The quantitative estimate of drug-likeness (QED) is 0.839. The summed E-state index contributed by atoms with van der Waals surface area (Å²) in [7, 11) is 0. The van der Waals surface area contributed by atoms with Crippen LogP contribution in [0.15, 0.2) is 29.4 Å². The van der Waals surface area contributed by atoms with Crippen molar-refractivity contribution >= 4 is 5.71 Å². The van der Waals surface area contributed by atoms with Crippen LogP contribution in [-0.2, 0) is 4.84 Å². The van der Waals surface area contributed by atoms with Crippen LogP contribution in [0.1, 0.15) is 24.5 Å². The van der Waals surface area contributed by atoms with Gasteiger partial charge >= 0.3 is 0 Å². The van der Waals surface area contributed by atoms with E-state index in [0.29, 0.717) is 0 Å². The fraction of sp³-hybridized carbons (Fsp3) is 0.462. The van der Waals surface area contributed by atoms with Crippen molar-refractivity contribution in [3.8, 4) is 0 Å². The summed E-state index contributed by atoms with van der Waals surface area (Å²) >= 11 is 0. The first-order chi connectivity index (χ1) is 7.79. The molecule has 0 bridgehead atoms. The molecule has 3 heteroatoms. The molecule has 0 saturated heterocycles. The Morgan fingerprint density at radius 1 is 1.38 bits per heavy atom. The van der Waals surface area contributed by atoms with E-state index in [1.54, 1.807) is 0 Å². The minimum Gasteiger partial charge on any atom is -0.390 e. The second-order valence-electron chi connectivity index (χ2n) is 4.14. The molecular formula is C13H18N2O. The molecular weight excluding hydrogens is 200 g/mol. The maximum Gasteiger partial charge on any atom is 0.145 e. The average Bonchev–Trinajstić information content (AvgIpc) is 2.76. The Morgan fingerprint density at radius 2 is 2.12 bits per heavy atom. The molecule has 0 aliphatic carbocycles. The van der Waals surface area contributed by atoms with Gasteiger partial charge in [-0.1, -0.05) is 41.9 Å². The van der Waals surface area contributed by atoms with Gasteiger partial charge in [-0.05, 0) is 19.0 Å². The fourth-order valence-corrected chi connectivity index (χ4v) is 1.76. The van der Waals surface area contributed by atoms with E-state index in [1.807, 2.05) is 0 Å². The molecule has 0 radical (unpaired) electrons. The van der Waals surface area contributed by atoms with E-state index >= 15 is 0 Å². The van der Waals surface area contributed by atoms with Crippen LogP contribution in [0.25, 0.3) is 0 Å². The monoisotopic (exact) mass is 218 g/mol. The van der Waals surface area contributed by atoms with Crippen molar-refractivity contribution in [1.82, 2.24) is 5.32 Å². The first-order valence-electron chi connectivity index (χ1n) is 5.80. The van der Waals surface area contributed by atoms with E-state index in [9.17, 15) is 0 Å². The lowest BCUT2D eigenvalue weighted by molar-refractivity contribution is 0.0855. The van der Waals surface area contributed by atoms with Gasteiger partial charge in [-0.3, -0.25) is 0 Å². The minimum atomic E-state index is 0.191. The first kappa shape index (κ1) is 11.1. The average molecular weight is 218 g/mol. The first-order valence-corrected chi connectivity index (χ1v) is 5.80. The second kappa shape index (κ2) is 5.12. The fourth-order valence-electron chi connectivity index (χ4n) is 1.76. The highest BCUT2D eigenvalue weighted by Crippen LogP contribution is 2.16. The summed E-state index contributed by atoms with van der Waals surface area (Å²) < 4.78 is 0. The number of nitrogens with zero attached hydrogens (tertiary/aromatic N) is 1. The Hall–Kier alpha value is -1.35. The van der Waals surface area contributed by atoms with Crippen molar-refractivity contribution in [3.05, 3.63) is 35.4 Å². The molecule has 0 fully saturated rings. The standard InChI is InChI=1S/C13H18N2O/c1-3-14-9-12-8-13(15-16-12)11-6-4-10(2)5-7-11/h4-7,12,14H,3,8-9H2,1-2H3/t12-/m0/s1. The molecule has 0 unspecified atom stereocenters. The molecule has 3 nitrogen and oxygen atoms in total. The lowest BCUT2D eigenvalue weighted by Crippen LogP contribution is -2.26. The van der Waals surface area contributed by atoms with Crippen LogP contribution in [0.4, 0.5) is 0 Å². The third-order valence-corrected chi connectivity index (χ3v) is 2.74. The summed E-state index contributed by atoms with van der Waals surface area (Å²) in [6.07, 6.45) is 1.09. The maximum atomic E-state index is 5.38. The molecule has 0 amide bonds. The summed E-state index contributed by atoms with van der Waals surface area (Å²) in [6.45, 7) is 6.02. The third kappa shape index (κ3) is 2.61. The van der Waals surface area contributed by atoms with Gasteiger partial charge in [0.05, 0.1) is 5.71 Å². The molecule has 1 aliphatic rings.